The number of carbonyl (C=O) groups is 3. The molecule has 1 aromatic carbocycles. The first-order chi connectivity index (χ1) is 17.8. The SMILES string of the molecule is CCOC(=O)CNC(=O)N(CC(=O)N(Cc1cccn1Cc1ccc(Br)cc1)C1CCCCC1)C(C)C. The van der Waals surface area contributed by atoms with Crippen LogP contribution in [0.1, 0.15) is 64.1 Å². The summed E-state index contributed by atoms with van der Waals surface area (Å²) in [6.07, 6.45) is 7.37. The second kappa shape index (κ2) is 14.2. The van der Waals surface area contributed by atoms with Crippen molar-refractivity contribution in [1.82, 2.24) is 19.7 Å². The van der Waals surface area contributed by atoms with Gasteiger partial charge in [-0.3, -0.25) is 9.59 Å². The van der Waals surface area contributed by atoms with E-state index in [0.29, 0.717) is 6.54 Å². The fourth-order valence-corrected chi connectivity index (χ4v) is 4.97. The second-order valence-electron chi connectivity index (χ2n) is 9.75. The van der Waals surface area contributed by atoms with Crippen molar-refractivity contribution in [3.8, 4) is 0 Å². The lowest BCUT2D eigenvalue weighted by molar-refractivity contribution is -0.141. The van der Waals surface area contributed by atoms with Gasteiger partial charge in [0.2, 0.25) is 5.91 Å². The molecule has 0 unspecified atom stereocenters. The third-order valence-corrected chi connectivity index (χ3v) is 7.27. The highest BCUT2D eigenvalue weighted by Gasteiger charge is 2.30. The van der Waals surface area contributed by atoms with Crippen LogP contribution in [0.3, 0.4) is 0 Å². The minimum Gasteiger partial charge on any atom is -0.465 e. The lowest BCUT2D eigenvalue weighted by Crippen LogP contribution is -2.52. The number of esters is 1. The zero-order chi connectivity index (χ0) is 26.8. The van der Waals surface area contributed by atoms with E-state index >= 15 is 0 Å². The number of benzene rings is 1. The van der Waals surface area contributed by atoms with Crippen LogP contribution in [-0.4, -0.2) is 64.1 Å². The lowest BCUT2D eigenvalue weighted by atomic mass is 9.94. The van der Waals surface area contributed by atoms with Crippen molar-refractivity contribution in [3.05, 3.63) is 58.3 Å². The van der Waals surface area contributed by atoms with Crippen LogP contribution < -0.4 is 5.32 Å². The van der Waals surface area contributed by atoms with Crippen LogP contribution in [0.2, 0.25) is 0 Å². The van der Waals surface area contributed by atoms with Crippen molar-refractivity contribution < 1.29 is 19.1 Å². The molecular formula is C28H39BrN4O4. The van der Waals surface area contributed by atoms with E-state index in [1.165, 1.54) is 16.9 Å². The molecule has 0 spiro atoms. The van der Waals surface area contributed by atoms with Gasteiger partial charge in [-0.05, 0) is 63.4 Å². The van der Waals surface area contributed by atoms with Gasteiger partial charge in [-0.2, -0.15) is 0 Å². The molecule has 0 saturated heterocycles. The Labute approximate surface area is 228 Å². The van der Waals surface area contributed by atoms with Gasteiger partial charge in [0.05, 0.1) is 13.2 Å². The van der Waals surface area contributed by atoms with E-state index in [4.69, 9.17) is 4.74 Å². The minimum atomic E-state index is -0.499. The highest BCUT2D eigenvalue weighted by atomic mass is 79.9. The van der Waals surface area contributed by atoms with Crippen LogP contribution in [0.25, 0.3) is 0 Å². The topological polar surface area (TPSA) is 83.9 Å². The molecule has 2 aromatic rings. The third-order valence-electron chi connectivity index (χ3n) is 6.74. The average molecular weight is 576 g/mol. The van der Waals surface area contributed by atoms with Gasteiger partial charge >= 0.3 is 12.0 Å². The summed E-state index contributed by atoms with van der Waals surface area (Å²) in [6.45, 7) is 6.64. The molecular weight excluding hydrogens is 536 g/mol. The van der Waals surface area contributed by atoms with Gasteiger partial charge in [0.25, 0.3) is 0 Å². The predicted octanol–water partition coefficient (Wildman–Crippen LogP) is 4.94. The Balaban J connectivity index is 1.74. The number of carbonyl (C=O) groups excluding carboxylic acids is 3. The molecule has 202 valence electrons. The van der Waals surface area contributed by atoms with Crippen molar-refractivity contribution in [2.45, 2.75) is 78.0 Å². The van der Waals surface area contributed by atoms with Crippen molar-refractivity contribution in [2.75, 3.05) is 19.7 Å². The first-order valence-corrected chi connectivity index (χ1v) is 14.0. The van der Waals surface area contributed by atoms with Gasteiger partial charge in [0.1, 0.15) is 13.1 Å². The number of amides is 3. The van der Waals surface area contributed by atoms with E-state index in [0.717, 1.165) is 42.4 Å². The number of urea groups is 1. The third kappa shape index (κ3) is 8.62. The molecule has 1 aliphatic carbocycles. The van der Waals surface area contributed by atoms with Crippen molar-refractivity contribution >= 4 is 33.8 Å². The first-order valence-electron chi connectivity index (χ1n) is 13.2. The van der Waals surface area contributed by atoms with Crippen LogP contribution in [0.4, 0.5) is 4.79 Å². The van der Waals surface area contributed by atoms with Gasteiger partial charge in [-0.1, -0.05) is 47.3 Å². The minimum absolute atomic E-state index is 0.0454. The lowest BCUT2D eigenvalue weighted by Gasteiger charge is -2.37. The monoisotopic (exact) mass is 574 g/mol. The summed E-state index contributed by atoms with van der Waals surface area (Å²) in [5.41, 5.74) is 2.24. The molecule has 37 heavy (non-hydrogen) atoms. The second-order valence-corrected chi connectivity index (χ2v) is 10.7. The fraction of sp³-hybridized carbons (Fsp3) is 0.536. The standard InChI is InChI=1S/C28H39BrN4O4/c1-4-37-27(35)17-30-28(36)32(21(2)3)20-26(34)33(24-9-6-5-7-10-24)19-25-11-8-16-31(25)18-22-12-14-23(29)15-13-22/h8,11-16,21,24H,4-7,9-10,17-20H2,1-3H3,(H,30,36). The largest absolute Gasteiger partial charge is 0.465 e. The number of hydrogen-bond acceptors (Lipinski definition) is 4. The summed E-state index contributed by atoms with van der Waals surface area (Å²) in [5, 5.41) is 2.59. The van der Waals surface area contributed by atoms with E-state index in [9.17, 15) is 14.4 Å². The van der Waals surface area contributed by atoms with E-state index in [1.807, 2.05) is 43.1 Å². The Hall–Kier alpha value is -2.81. The van der Waals surface area contributed by atoms with Gasteiger partial charge in [0, 0.05) is 35.0 Å². The highest BCUT2D eigenvalue weighted by molar-refractivity contribution is 9.10. The Bertz CT molecular complexity index is 1030. The zero-order valence-corrected chi connectivity index (χ0v) is 23.7. The Morgan fingerprint density at radius 2 is 1.81 bits per heavy atom. The van der Waals surface area contributed by atoms with Gasteiger partial charge in [-0.25, -0.2) is 4.79 Å². The van der Waals surface area contributed by atoms with E-state index in [1.54, 1.807) is 6.92 Å². The van der Waals surface area contributed by atoms with Crippen molar-refractivity contribution in [1.29, 1.82) is 0 Å². The van der Waals surface area contributed by atoms with E-state index in [-0.39, 0.29) is 37.7 Å². The Morgan fingerprint density at radius 1 is 1.11 bits per heavy atom. The van der Waals surface area contributed by atoms with Crippen LogP contribution in [-0.2, 0) is 27.4 Å². The summed E-state index contributed by atoms with van der Waals surface area (Å²) in [4.78, 5) is 41.7. The Kier molecular flexibility index (Phi) is 11.0. The molecule has 1 saturated carbocycles. The first kappa shape index (κ1) is 28.8. The number of rotatable bonds is 11. The molecule has 9 heteroatoms. The number of aromatic nitrogens is 1. The quantitative estimate of drug-likeness (QED) is 0.385. The van der Waals surface area contributed by atoms with Gasteiger partial charge in [0.15, 0.2) is 0 Å². The smallest absolute Gasteiger partial charge is 0.325 e. The number of hydrogen-bond donors (Lipinski definition) is 1. The summed E-state index contributed by atoms with van der Waals surface area (Å²) in [5.74, 6) is -0.579. The van der Waals surface area contributed by atoms with Crippen LogP contribution >= 0.6 is 15.9 Å². The van der Waals surface area contributed by atoms with Gasteiger partial charge in [-0.15, -0.1) is 0 Å². The maximum absolute atomic E-state index is 13.7. The summed E-state index contributed by atoms with van der Waals surface area (Å²) in [6, 6.07) is 11.8. The number of nitrogens with one attached hydrogen (secondary N) is 1. The molecule has 1 heterocycles. The normalized spacial score (nSPS) is 13.9. The molecule has 1 aromatic heterocycles. The molecule has 3 rings (SSSR count). The molecule has 1 fully saturated rings. The molecule has 0 bridgehead atoms. The van der Waals surface area contributed by atoms with Crippen LogP contribution in [0.15, 0.2) is 47.1 Å². The number of ether oxygens (including phenoxy) is 1. The molecule has 8 nitrogen and oxygen atoms in total. The van der Waals surface area contributed by atoms with Crippen LogP contribution in [0.5, 0.6) is 0 Å². The van der Waals surface area contributed by atoms with Crippen molar-refractivity contribution in [2.24, 2.45) is 0 Å². The van der Waals surface area contributed by atoms with Crippen molar-refractivity contribution in [3.63, 3.8) is 0 Å². The van der Waals surface area contributed by atoms with Gasteiger partial charge < -0.3 is 24.4 Å². The predicted molar refractivity (Wildman–Crippen MR) is 147 cm³/mol. The molecule has 0 radical (unpaired) electrons. The maximum atomic E-state index is 13.7. The van der Waals surface area contributed by atoms with E-state index in [2.05, 4.69) is 44.0 Å². The number of nitrogens with zero attached hydrogens (tertiary/aromatic N) is 3. The number of halogens is 1. The summed E-state index contributed by atoms with van der Waals surface area (Å²) >= 11 is 3.49. The molecule has 0 aliphatic heterocycles. The van der Waals surface area contributed by atoms with Crippen LogP contribution in [0, 0.1) is 0 Å². The molecule has 3 amide bonds. The molecule has 1 aliphatic rings. The van der Waals surface area contributed by atoms with E-state index < -0.39 is 12.0 Å². The zero-order valence-electron chi connectivity index (χ0n) is 22.1. The summed E-state index contributed by atoms with van der Waals surface area (Å²) in [7, 11) is 0. The fourth-order valence-electron chi connectivity index (χ4n) is 4.71. The summed E-state index contributed by atoms with van der Waals surface area (Å²) < 4.78 is 8.12. The molecule has 1 N–H and O–H groups in total. The highest BCUT2D eigenvalue weighted by Crippen LogP contribution is 2.25. The molecule has 0 atom stereocenters. The average Bonchev–Trinajstić information content (AvgIpc) is 3.32. The Morgan fingerprint density at radius 3 is 2.46 bits per heavy atom. The maximum Gasteiger partial charge on any atom is 0.325 e.